The van der Waals surface area contributed by atoms with Gasteiger partial charge in [0.15, 0.2) is 0 Å². The Hall–Kier alpha value is -2.38. The topological polar surface area (TPSA) is 113 Å². The van der Waals surface area contributed by atoms with Crippen molar-refractivity contribution in [3.05, 3.63) is 36.5 Å². The highest BCUT2D eigenvalue weighted by molar-refractivity contribution is 5.95. The molecule has 0 unspecified atom stereocenters. The Morgan fingerprint density at radius 3 is 2.67 bits per heavy atom. The largest absolute Gasteiger partial charge is 0.346 e. The third-order valence-electron chi connectivity index (χ3n) is 3.40. The molecule has 0 bridgehead atoms. The number of hydrogen-bond acceptors (Lipinski definition) is 4. The van der Waals surface area contributed by atoms with E-state index in [0.29, 0.717) is 5.69 Å². The molecule has 0 radical (unpaired) electrons. The molecule has 2 aromatic rings. The summed E-state index contributed by atoms with van der Waals surface area (Å²) in [7, 11) is 0. The molecule has 0 aliphatic carbocycles. The van der Waals surface area contributed by atoms with Gasteiger partial charge in [-0.15, -0.1) is 12.4 Å². The van der Waals surface area contributed by atoms with Crippen LogP contribution in [0.2, 0.25) is 0 Å². The number of aromatic nitrogens is 2. The summed E-state index contributed by atoms with van der Waals surface area (Å²) in [5.41, 5.74) is 8.13. The molecule has 0 fully saturated rings. The van der Waals surface area contributed by atoms with E-state index in [1.807, 2.05) is 38.1 Å². The van der Waals surface area contributed by atoms with Gasteiger partial charge in [-0.05, 0) is 24.1 Å². The molecule has 1 aromatic heterocycles. The first-order valence-electron chi connectivity index (χ1n) is 7.40. The van der Waals surface area contributed by atoms with Crippen LogP contribution in [0.3, 0.4) is 0 Å². The Kier molecular flexibility index (Phi) is 7.41. The fourth-order valence-electron chi connectivity index (χ4n) is 1.97. The lowest BCUT2D eigenvalue weighted by Crippen LogP contribution is -2.46. The lowest BCUT2D eigenvalue weighted by molar-refractivity contribution is -0.125. The number of nitrogens with two attached hydrogens (primary N) is 1. The minimum Gasteiger partial charge on any atom is -0.346 e. The van der Waals surface area contributed by atoms with Crippen molar-refractivity contribution in [1.29, 1.82) is 0 Å². The Balaban J connectivity index is 0.00000288. The molecule has 1 atom stereocenters. The zero-order chi connectivity index (χ0) is 16.8. The average molecular weight is 352 g/mol. The molecule has 0 spiro atoms. The molecule has 8 heteroatoms. The zero-order valence-electron chi connectivity index (χ0n) is 13.6. The Morgan fingerprint density at radius 1 is 1.29 bits per heavy atom. The smallest absolute Gasteiger partial charge is 0.243 e. The predicted molar refractivity (Wildman–Crippen MR) is 95.7 cm³/mol. The second kappa shape index (κ2) is 9.05. The molecule has 7 nitrogen and oxygen atoms in total. The standard InChI is InChI=1S/C16H21N5O2.ClH/c1-10(2)15(17)16(23)18-9-14(22)20-12-5-3-4-11(8-12)13-6-7-19-21-13;/h3-8,10,15H,9,17H2,1-2H3,(H,18,23)(H,19,21)(H,20,22);1H/t15-;/m0./s1. The maximum Gasteiger partial charge on any atom is 0.243 e. The molecule has 1 heterocycles. The summed E-state index contributed by atoms with van der Waals surface area (Å²) < 4.78 is 0. The van der Waals surface area contributed by atoms with Crippen LogP contribution in [-0.4, -0.2) is 34.6 Å². The van der Waals surface area contributed by atoms with E-state index in [-0.39, 0.29) is 36.7 Å². The second-order valence-electron chi connectivity index (χ2n) is 5.59. The number of carbonyl (C=O) groups is 2. The molecule has 0 aliphatic heterocycles. The number of halogens is 1. The number of H-pyrrole nitrogens is 1. The SMILES string of the molecule is CC(C)[C@H](N)C(=O)NCC(=O)Nc1cccc(-c2ccn[nH]2)c1.Cl. The summed E-state index contributed by atoms with van der Waals surface area (Å²) in [4.78, 5) is 23.6. The van der Waals surface area contributed by atoms with Gasteiger partial charge in [-0.25, -0.2) is 0 Å². The monoisotopic (exact) mass is 351 g/mol. The van der Waals surface area contributed by atoms with Gasteiger partial charge in [0.2, 0.25) is 11.8 Å². The lowest BCUT2D eigenvalue weighted by Gasteiger charge is -2.15. The zero-order valence-corrected chi connectivity index (χ0v) is 14.4. The molecule has 2 amide bonds. The van der Waals surface area contributed by atoms with Crippen molar-refractivity contribution < 1.29 is 9.59 Å². The van der Waals surface area contributed by atoms with Gasteiger partial charge in [0.05, 0.1) is 18.3 Å². The first-order valence-corrected chi connectivity index (χ1v) is 7.40. The number of rotatable bonds is 6. The number of anilines is 1. The van der Waals surface area contributed by atoms with Crippen LogP contribution in [0.1, 0.15) is 13.8 Å². The van der Waals surface area contributed by atoms with Gasteiger partial charge in [0.1, 0.15) is 0 Å². The number of nitrogens with zero attached hydrogens (tertiary/aromatic N) is 1. The third-order valence-corrected chi connectivity index (χ3v) is 3.40. The molecular weight excluding hydrogens is 330 g/mol. The Morgan fingerprint density at radius 2 is 2.04 bits per heavy atom. The third kappa shape index (κ3) is 5.36. The van der Waals surface area contributed by atoms with E-state index in [1.165, 1.54) is 0 Å². The fraction of sp³-hybridized carbons (Fsp3) is 0.312. The average Bonchev–Trinajstić information content (AvgIpc) is 3.06. The minimum absolute atomic E-state index is 0. The van der Waals surface area contributed by atoms with Crippen molar-refractivity contribution in [1.82, 2.24) is 15.5 Å². The van der Waals surface area contributed by atoms with E-state index in [4.69, 9.17) is 5.73 Å². The van der Waals surface area contributed by atoms with Crippen molar-refractivity contribution in [2.24, 2.45) is 11.7 Å². The van der Waals surface area contributed by atoms with E-state index in [9.17, 15) is 9.59 Å². The van der Waals surface area contributed by atoms with Crippen LogP contribution in [-0.2, 0) is 9.59 Å². The Bertz CT molecular complexity index is 673. The van der Waals surface area contributed by atoms with Gasteiger partial charge in [-0.2, -0.15) is 5.10 Å². The summed E-state index contributed by atoms with van der Waals surface area (Å²) in [6, 6.07) is 8.57. The van der Waals surface area contributed by atoms with Gasteiger partial charge in [0, 0.05) is 17.4 Å². The number of amides is 2. The van der Waals surface area contributed by atoms with Crippen LogP contribution >= 0.6 is 12.4 Å². The summed E-state index contributed by atoms with van der Waals surface area (Å²) in [6.07, 6.45) is 1.66. The van der Waals surface area contributed by atoms with Gasteiger partial charge in [-0.1, -0.05) is 26.0 Å². The van der Waals surface area contributed by atoms with Crippen LogP contribution < -0.4 is 16.4 Å². The van der Waals surface area contributed by atoms with Crippen LogP contribution in [0.5, 0.6) is 0 Å². The highest BCUT2D eigenvalue weighted by Crippen LogP contribution is 2.20. The highest BCUT2D eigenvalue weighted by Gasteiger charge is 2.17. The summed E-state index contributed by atoms with van der Waals surface area (Å²) in [5, 5.41) is 12.0. The molecule has 130 valence electrons. The first-order chi connectivity index (χ1) is 11.0. The van der Waals surface area contributed by atoms with Crippen LogP contribution in [0, 0.1) is 5.92 Å². The predicted octanol–water partition coefficient (Wildman–Crippen LogP) is 1.54. The fourth-order valence-corrected chi connectivity index (χ4v) is 1.97. The maximum absolute atomic E-state index is 11.9. The van der Waals surface area contributed by atoms with E-state index >= 15 is 0 Å². The molecule has 0 aliphatic rings. The van der Waals surface area contributed by atoms with Crippen molar-refractivity contribution in [3.8, 4) is 11.3 Å². The summed E-state index contributed by atoms with van der Waals surface area (Å²) >= 11 is 0. The summed E-state index contributed by atoms with van der Waals surface area (Å²) in [5.74, 6) is -0.624. The van der Waals surface area contributed by atoms with E-state index in [0.717, 1.165) is 11.3 Å². The van der Waals surface area contributed by atoms with Crippen molar-refractivity contribution in [2.75, 3.05) is 11.9 Å². The number of aromatic amines is 1. The number of carbonyl (C=O) groups excluding carboxylic acids is 2. The minimum atomic E-state index is -0.619. The molecule has 24 heavy (non-hydrogen) atoms. The van der Waals surface area contributed by atoms with Crippen molar-refractivity contribution >= 4 is 29.9 Å². The molecule has 0 saturated carbocycles. The number of nitrogens with one attached hydrogen (secondary N) is 3. The van der Waals surface area contributed by atoms with Crippen molar-refractivity contribution in [2.45, 2.75) is 19.9 Å². The van der Waals surface area contributed by atoms with Gasteiger partial charge in [0.25, 0.3) is 0 Å². The molecule has 2 rings (SSSR count). The quantitative estimate of drug-likeness (QED) is 0.632. The van der Waals surface area contributed by atoms with Gasteiger partial charge >= 0.3 is 0 Å². The molecule has 1 aromatic carbocycles. The van der Waals surface area contributed by atoms with Crippen molar-refractivity contribution in [3.63, 3.8) is 0 Å². The van der Waals surface area contributed by atoms with Gasteiger partial charge < -0.3 is 16.4 Å². The first kappa shape index (κ1) is 19.7. The van der Waals surface area contributed by atoms with E-state index in [2.05, 4.69) is 20.8 Å². The maximum atomic E-state index is 11.9. The number of benzene rings is 1. The molecule has 0 saturated heterocycles. The summed E-state index contributed by atoms with van der Waals surface area (Å²) in [6.45, 7) is 3.59. The van der Waals surface area contributed by atoms with E-state index in [1.54, 1.807) is 12.3 Å². The normalized spacial score (nSPS) is 11.5. The van der Waals surface area contributed by atoms with E-state index < -0.39 is 6.04 Å². The molecular formula is C16H22ClN5O2. The Labute approximate surface area is 146 Å². The highest BCUT2D eigenvalue weighted by atomic mass is 35.5. The van der Waals surface area contributed by atoms with Crippen LogP contribution in [0.25, 0.3) is 11.3 Å². The van der Waals surface area contributed by atoms with Crippen LogP contribution in [0.15, 0.2) is 36.5 Å². The molecule has 5 N–H and O–H groups in total. The second-order valence-corrected chi connectivity index (χ2v) is 5.59. The lowest BCUT2D eigenvalue weighted by atomic mass is 10.1. The number of hydrogen-bond donors (Lipinski definition) is 4. The van der Waals surface area contributed by atoms with Gasteiger partial charge in [-0.3, -0.25) is 14.7 Å². The van der Waals surface area contributed by atoms with Crippen LogP contribution in [0.4, 0.5) is 5.69 Å².